The lowest BCUT2D eigenvalue weighted by molar-refractivity contribution is -0.120. The molecule has 1 atom stereocenters. The normalized spacial score (nSPS) is 15.2. The molecule has 31 heavy (non-hydrogen) atoms. The van der Waals surface area contributed by atoms with Gasteiger partial charge in [-0.3, -0.25) is 9.59 Å². The maximum Gasteiger partial charge on any atom is 0.255 e. The predicted molar refractivity (Wildman–Crippen MR) is 116 cm³/mol. The van der Waals surface area contributed by atoms with Gasteiger partial charge in [-0.2, -0.15) is 5.10 Å². The van der Waals surface area contributed by atoms with Gasteiger partial charge >= 0.3 is 0 Å². The molecule has 9 heteroatoms. The van der Waals surface area contributed by atoms with Crippen molar-refractivity contribution < 1.29 is 19.1 Å². The Labute approximate surface area is 183 Å². The summed E-state index contributed by atoms with van der Waals surface area (Å²) >= 11 is 6.12. The number of nitrogens with one attached hydrogen (secondary N) is 1. The number of carbonyl (C=O) groups is 2. The Bertz CT molecular complexity index is 1140. The number of anilines is 1. The Morgan fingerprint density at radius 3 is 2.84 bits per heavy atom. The number of benzene rings is 2. The number of ether oxygens (including phenoxy) is 2. The molecule has 3 aromatic rings. The van der Waals surface area contributed by atoms with E-state index < -0.39 is 5.91 Å². The highest BCUT2D eigenvalue weighted by Crippen LogP contribution is 2.41. The minimum atomic E-state index is -0.575. The summed E-state index contributed by atoms with van der Waals surface area (Å²) in [5.41, 5.74) is 7.68. The third kappa shape index (κ3) is 4.34. The van der Waals surface area contributed by atoms with E-state index in [0.717, 1.165) is 16.8 Å². The van der Waals surface area contributed by atoms with Gasteiger partial charge in [-0.15, -0.1) is 0 Å². The smallest absolute Gasteiger partial charge is 0.255 e. The summed E-state index contributed by atoms with van der Waals surface area (Å²) in [6, 6.07) is 12.6. The average molecular weight is 441 g/mol. The fourth-order valence-electron chi connectivity index (χ4n) is 3.60. The van der Waals surface area contributed by atoms with E-state index in [9.17, 15) is 9.59 Å². The van der Waals surface area contributed by atoms with Crippen LogP contribution in [-0.2, 0) is 9.59 Å². The highest BCUT2D eigenvalue weighted by atomic mass is 35.5. The molecule has 0 spiro atoms. The van der Waals surface area contributed by atoms with Crippen molar-refractivity contribution in [3.8, 4) is 17.2 Å². The fourth-order valence-corrected chi connectivity index (χ4v) is 3.78. The first kappa shape index (κ1) is 20.7. The lowest BCUT2D eigenvalue weighted by Crippen LogP contribution is -2.24. The maximum atomic E-state index is 12.5. The molecule has 0 aliphatic carbocycles. The minimum absolute atomic E-state index is 0.117. The number of amides is 2. The van der Waals surface area contributed by atoms with Crippen LogP contribution in [0.15, 0.2) is 48.7 Å². The zero-order valence-corrected chi connectivity index (χ0v) is 17.6. The van der Waals surface area contributed by atoms with Crippen LogP contribution in [-0.4, -0.2) is 34.8 Å². The largest absolute Gasteiger partial charge is 0.490 e. The summed E-state index contributed by atoms with van der Waals surface area (Å²) in [5, 5.41) is 7.98. The Kier molecular flexibility index (Phi) is 5.81. The molecule has 8 nitrogen and oxygen atoms in total. The third-order valence-corrected chi connectivity index (χ3v) is 5.15. The molecule has 0 fully saturated rings. The summed E-state index contributed by atoms with van der Waals surface area (Å²) in [5.74, 6) is 0.592. The molecule has 2 amide bonds. The van der Waals surface area contributed by atoms with E-state index in [1.165, 1.54) is 0 Å². The van der Waals surface area contributed by atoms with Crippen LogP contribution in [0.5, 0.6) is 11.5 Å². The molecule has 1 aliphatic rings. The van der Waals surface area contributed by atoms with E-state index in [0.29, 0.717) is 28.9 Å². The number of carbonyl (C=O) groups excluding carboxylic acids is 2. The van der Waals surface area contributed by atoms with Gasteiger partial charge in [-0.25, -0.2) is 4.68 Å². The van der Waals surface area contributed by atoms with Gasteiger partial charge < -0.3 is 20.5 Å². The number of nitrogens with zero attached hydrogens (tertiary/aromatic N) is 2. The SMILES string of the molecule is CCOc1cc(C2CC(=O)Nc3c2cnn3-c2cccc(Cl)c2)ccc1OCC(N)=O. The van der Waals surface area contributed by atoms with E-state index in [1.54, 1.807) is 29.1 Å². The molecule has 0 saturated heterocycles. The van der Waals surface area contributed by atoms with Crippen LogP contribution in [0.25, 0.3) is 5.69 Å². The van der Waals surface area contributed by atoms with E-state index >= 15 is 0 Å². The highest BCUT2D eigenvalue weighted by molar-refractivity contribution is 6.30. The molecule has 4 rings (SSSR count). The van der Waals surface area contributed by atoms with E-state index in [4.69, 9.17) is 26.8 Å². The molecule has 1 unspecified atom stereocenters. The molecule has 3 N–H and O–H groups in total. The molecular weight excluding hydrogens is 420 g/mol. The van der Waals surface area contributed by atoms with Crippen molar-refractivity contribution in [3.63, 3.8) is 0 Å². The van der Waals surface area contributed by atoms with Crippen molar-refractivity contribution >= 4 is 29.2 Å². The number of nitrogens with two attached hydrogens (primary N) is 1. The van der Waals surface area contributed by atoms with Gasteiger partial charge in [-0.05, 0) is 42.8 Å². The van der Waals surface area contributed by atoms with Crippen molar-refractivity contribution in [3.05, 3.63) is 64.8 Å². The second-order valence-electron chi connectivity index (χ2n) is 7.04. The summed E-state index contributed by atoms with van der Waals surface area (Å²) in [4.78, 5) is 23.6. The molecule has 0 saturated carbocycles. The van der Waals surface area contributed by atoms with Crippen molar-refractivity contribution in [2.45, 2.75) is 19.3 Å². The standard InChI is InChI=1S/C22H21ClN4O4/c1-2-30-19-8-13(6-7-18(19)31-12-20(24)28)16-10-21(29)26-22-17(16)11-25-27(22)15-5-3-4-14(23)9-15/h3-9,11,16H,2,10,12H2,1H3,(H2,24,28)(H,26,29). The topological polar surface area (TPSA) is 108 Å². The van der Waals surface area contributed by atoms with Crippen LogP contribution in [0.2, 0.25) is 5.02 Å². The van der Waals surface area contributed by atoms with E-state index in [1.807, 2.05) is 31.2 Å². The monoisotopic (exact) mass is 440 g/mol. The summed E-state index contributed by atoms with van der Waals surface area (Å²) in [7, 11) is 0. The number of fused-ring (bicyclic) bond motifs is 1. The minimum Gasteiger partial charge on any atom is -0.490 e. The molecule has 160 valence electrons. The Morgan fingerprint density at radius 2 is 2.10 bits per heavy atom. The van der Waals surface area contributed by atoms with Gasteiger partial charge in [0.15, 0.2) is 18.1 Å². The van der Waals surface area contributed by atoms with E-state index in [2.05, 4.69) is 10.4 Å². The Hall–Kier alpha value is -3.52. The molecule has 0 radical (unpaired) electrons. The Balaban J connectivity index is 1.72. The van der Waals surface area contributed by atoms with Crippen LogP contribution in [0.4, 0.5) is 5.82 Å². The van der Waals surface area contributed by atoms with Crippen molar-refractivity contribution in [2.75, 3.05) is 18.5 Å². The lowest BCUT2D eigenvalue weighted by atomic mass is 9.87. The van der Waals surface area contributed by atoms with Gasteiger partial charge in [0.2, 0.25) is 5.91 Å². The third-order valence-electron chi connectivity index (χ3n) is 4.91. The number of primary amides is 1. The molecular formula is C22H21ClN4O4. The van der Waals surface area contributed by atoms with Gasteiger partial charge in [0.1, 0.15) is 5.82 Å². The molecule has 0 bridgehead atoms. The quantitative estimate of drug-likeness (QED) is 0.586. The second kappa shape index (κ2) is 8.69. The lowest BCUT2D eigenvalue weighted by Gasteiger charge is -2.24. The number of aromatic nitrogens is 2. The molecule has 1 aromatic heterocycles. The van der Waals surface area contributed by atoms with Crippen LogP contribution in [0, 0.1) is 0 Å². The maximum absolute atomic E-state index is 12.5. The number of hydrogen-bond donors (Lipinski definition) is 2. The van der Waals surface area contributed by atoms with Gasteiger partial charge in [0.25, 0.3) is 5.91 Å². The summed E-state index contributed by atoms with van der Waals surface area (Å²) < 4.78 is 12.8. The zero-order valence-electron chi connectivity index (χ0n) is 16.8. The first-order valence-corrected chi connectivity index (χ1v) is 10.2. The summed E-state index contributed by atoms with van der Waals surface area (Å²) in [6.45, 7) is 2.02. The molecule has 2 aromatic carbocycles. The van der Waals surface area contributed by atoms with Gasteiger partial charge in [-0.1, -0.05) is 23.7 Å². The van der Waals surface area contributed by atoms with Gasteiger partial charge in [0.05, 0.1) is 18.5 Å². The Morgan fingerprint density at radius 1 is 1.26 bits per heavy atom. The van der Waals surface area contributed by atoms with Crippen molar-refractivity contribution in [1.82, 2.24) is 9.78 Å². The molecule has 1 aliphatic heterocycles. The highest BCUT2D eigenvalue weighted by Gasteiger charge is 2.31. The van der Waals surface area contributed by atoms with Gasteiger partial charge in [0, 0.05) is 22.9 Å². The average Bonchev–Trinajstić information content (AvgIpc) is 3.16. The van der Waals surface area contributed by atoms with Crippen molar-refractivity contribution in [2.24, 2.45) is 5.73 Å². The predicted octanol–water partition coefficient (Wildman–Crippen LogP) is 3.26. The van der Waals surface area contributed by atoms with Crippen molar-refractivity contribution in [1.29, 1.82) is 0 Å². The van der Waals surface area contributed by atoms with Crippen LogP contribution in [0.1, 0.15) is 30.4 Å². The second-order valence-corrected chi connectivity index (χ2v) is 7.48. The zero-order chi connectivity index (χ0) is 22.0. The molecule has 2 heterocycles. The van der Waals surface area contributed by atoms with Crippen LogP contribution >= 0.6 is 11.6 Å². The van der Waals surface area contributed by atoms with Crippen LogP contribution < -0.4 is 20.5 Å². The fraction of sp³-hybridized carbons (Fsp3) is 0.227. The first-order chi connectivity index (χ1) is 15.0. The van der Waals surface area contributed by atoms with Crippen LogP contribution in [0.3, 0.4) is 0 Å². The number of hydrogen-bond acceptors (Lipinski definition) is 5. The first-order valence-electron chi connectivity index (χ1n) is 9.77. The number of rotatable bonds is 7. The number of halogens is 1. The van der Waals surface area contributed by atoms with E-state index in [-0.39, 0.29) is 24.9 Å². The summed E-state index contributed by atoms with van der Waals surface area (Å²) in [6.07, 6.45) is 2.01.